The largest absolute Gasteiger partial charge is 0.208 e. The van der Waals surface area contributed by atoms with Crippen LogP contribution in [0.15, 0.2) is 188 Å². The fourth-order valence-corrected chi connectivity index (χ4v) is 6.68. The van der Waals surface area contributed by atoms with Crippen LogP contribution in [-0.4, -0.2) is 15.0 Å². The van der Waals surface area contributed by atoms with Gasteiger partial charge in [0, 0.05) is 16.7 Å². The molecule has 9 aromatic rings. The van der Waals surface area contributed by atoms with Gasteiger partial charge in [-0.3, -0.25) is 0 Å². The van der Waals surface area contributed by atoms with E-state index in [1.807, 2.05) is 36.4 Å². The van der Waals surface area contributed by atoms with Gasteiger partial charge in [-0.05, 0) is 67.1 Å². The minimum Gasteiger partial charge on any atom is -0.208 e. The predicted molar refractivity (Wildman–Crippen MR) is 207 cm³/mol. The van der Waals surface area contributed by atoms with Gasteiger partial charge in [-0.15, -0.1) is 0 Å². The van der Waals surface area contributed by atoms with Crippen molar-refractivity contribution in [1.82, 2.24) is 15.0 Å². The smallest absolute Gasteiger partial charge is 0.164 e. The summed E-state index contributed by atoms with van der Waals surface area (Å²) in [5, 5.41) is 4.83. The third kappa shape index (κ3) is 5.72. The highest BCUT2D eigenvalue weighted by molar-refractivity contribution is 5.97. The van der Waals surface area contributed by atoms with Crippen molar-refractivity contribution in [2.45, 2.75) is 0 Å². The topological polar surface area (TPSA) is 38.7 Å². The Balaban J connectivity index is 1.05. The molecule has 0 N–H and O–H groups in total. The molecule has 0 aliphatic heterocycles. The van der Waals surface area contributed by atoms with E-state index in [1.165, 1.54) is 38.4 Å². The summed E-state index contributed by atoms with van der Waals surface area (Å²) >= 11 is 0. The lowest BCUT2D eigenvalue weighted by molar-refractivity contribution is 1.07. The van der Waals surface area contributed by atoms with Crippen molar-refractivity contribution < 1.29 is 0 Å². The first-order valence-corrected chi connectivity index (χ1v) is 16.9. The van der Waals surface area contributed by atoms with Crippen molar-refractivity contribution in [3.05, 3.63) is 188 Å². The molecular weight excluding hydrogens is 607 g/mol. The van der Waals surface area contributed by atoms with Crippen LogP contribution in [0.5, 0.6) is 0 Å². The van der Waals surface area contributed by atoms with Gasteiger partial charge in [0.2, 0.25) is 0 Å². The molecule has 0 radical (unpaired) electrons. The number of aromatic nitrogens is 3. The van der Waals surface area contributed by atoms with E-state index in [0.717, 1.165) is 33.2 Å². The maximum Gasteiger partial charge on any atom is 0.164 e. The predicted octanol–water partition coefficient (Wildman–Crippen LogP) is 12.2. The normalized spacial score (nSPS) is 11.2. The van der Waals surface area contributed by atoms with Crippen molar-refractivity contribution in [2.24, 2.45) is 0 Å². The highest BCUT2D eigenvalue weighted by Gasteiger charge is 2.14. The molecule has 1 aromatic heterocycles. The van der Waals surface area contributed by atoms with Crippen molar-refractivity contribution in [3.8, 4) is 67.5 Å². The Morgan fingerprint density at radius 3 is 1.32 bits per heavy atom. The molecule has 234 valence electrons. The van der Waals surface area contributed by atoms with Crippen LogP contribution in [-0.2, 0) is 0 Å². The van der Waals surface area contributed by atoms with Gasteiger partial charge in [0.05, 0.1) is 0 Å². The van der Waals surface area contributed by atoms with Gasteiger partial charge in [-0.25, -0.2) is 15.0 Å². The van der Waals surface area contributed by atoms with Gasteiger partial charge in [0.1, 0.15) is 0 Å². The lowest BCUT2D eigenvalue weighted by atomic mass is 9.96. The molecule has 0 spiro atoms. The molecule has 50 heavy (non-hydrogen) atoms. The Hall–Kier alpha value is -6.71. The van der Waals surface area contributed by atoms with E-state index >= 15 is 0 Å². The average Bonchev–Trinajstić information content (AvgIpc) is 3.21. The van der Waals surface area contributed by atoms with Crippen LogP contribution >= 0.6 is 0 Å². The summed E-state index contributed by atoms with van der Waals surface area (Å²) in [7, 11) is 0. The molecule has 0 amide bonds. The van der Waals surface area contributed by atoms with Crippen LogP contribution in [0.3, 0.4) is 0 Å². The Kier molecular flexibility index (Phi) is 7.49. The summed E-state index contributed by atoms with van der Waals surface area (Å²) < 4.78 is 0. The number of benzene rings is 8. The van der Waals surface area contributed by atoms with Crippen molar-refractivity contribution >= 4 is 21.5 Å². The zero-order valence-electron chi connectivity index (χ0n) is 27.2. The van der Waals surface area contributed by atoms with Gasteiger partial charge in [0.15, 0.2) is 17.5 Å². The number of rotatable bonds is 6. The molecule has 0 bridgehead atoms. The summed E-state index contributed by atoms with van der Waals surface area (Å²) in [4.78, 5) is 14.9. The molecule has 1 heterocycles. The van der Waals surface area contributed by atoms with E-state index in [1.54, 1.807) is 0 Å². The highest BCUT2D eigenvalue weighted by Crippen LogP contribution is 2.33. The summed E-state index contributed by atoms with van der Waals surface area (Å²) in [5.74, 6) is 1.94. The first kappa shape index (κ1) is 29.4. The maximum absolute atomic E-state index is 5.02. The van der Waals surface area contributed by atoms with E-state index in [9.17, 15) is 0 Å². The van der Waals surface area contributed by atoms with Crippen LogP contribution in [0.2, 0.25) is 0 Å². The number of nitrogens with zero attached hydrogens (tertiary/aromatic N) is 3. The molecule has 3 nitrogen and oxygen atoms in total. The lowest BCUT2D eigenvalue weighted by Crippen LogP contribution is -2.00. The maximum atomic E-state index is 5.02. The second kappa shape index (κ2) is 12.7. The summed E-state index contributed by atoms with van der Waals surface area (Å²) in [6.07, 6.45) is 0. The Morgan fingerprint density at radius 2 is 0.660 bits per heavy atom. The van der Waals surface area contributed by atoms with Gasteiger partial charge in [0.25, 0.3) is 0 Å². The second-order valence-electron chi connectivity index (χ2n) is 12.5. The van der Waals surface area contributed by atoms with Gasteiger partial charge in [-0.1, -0.05) is 176 Å². The molecule has 3 heteroatoms. The monoisotopic (exact) mass is 637 g/mol. The van der Waals surface area contributed by atoms with E-state index in [2.05, 4.69) is 152 Å². The molecule has 0 atom stereocenters. The molecule has 0 saturated carbocycles. The van der Waals surface area contributed by atoms with Crippen LogP contribution in [0.4, 0.5) is 0 Å². The molecule has 0 unspecified atom stereocenters. The number of fused-ring (bicyclic) bond motifs is 2. The molecule has 0 aliphatic rings. The van der Waals surface area contributed by atoms with Crippen LogP contribution in [0, 0.1) is 0 Å². The SMILES string of the molecule is c1ccc(-c2ccc3cc(-c4nc(-c5ccccc5)nc(-c5ccc(-c6ccc(-c7cccc8ccccc78)cc6)cc5)n4)ccc3c2)cc1. The summed E-state index contributed by atoms with van der Waals surface area (Å²) in [6.45, 7) is 0. The zero-order chi connectivity index (χ0) is 33.3. The van der Waals surface area contributed by atoms with Crippen LogP contribution in [0.1, 0.15) is 0 Å². The van der Waals surface area contributed by atoms with Gasteiger partial charge in [-0.2, -0.15) is 0 Å². The summed E-state index contributed by atoms with van der Waals surface area (Å²) in [6, 6.07) is 66.0. The number of hydrogen-bond donors (Lipinski definition) is 0. The molecule has 0 aliphatic carbocycles. The molecule has 0 fully saturated rings. The Bertz CT molecular complexity index is 2610. The second-order valence-corrected chi connectivity index (χ2v) is 12.5. The van der Waals surface area contributed by atoms with Crippen molar-refractivity contribution in [1.29, 1.82) is 0 Å². The molecule has 0 saturated heterocycles. The third-order valence-electron chi connectivity index (χ3n) is 9.33. The van der Waals surface area contributed by atoms with Crippen LogP contribution < -0.4 is 0 Å². The highest BCUT2D eigenvalue weighted by atomic mass is 15.0. The standard InChI is InChI=1S/C47H31N3/c1-3-10-32(11-4-1)39-26-27-41-31-42(29-28-40(41)30-39)47-49-45(37-13-5-2-6-14-37)48-46(50-47)38-24-20-34(21-25-38)33-18-22-36(23-19-33)44-17-9-15-35-12-7-8-16-43(35)44/h1-31H. The molecular formula is C47H31N3. The lowest BCUT2D eigenvalue weighted by Gasteiger charge is -2.11. The number of hydrogen-bond acceptors (Lipinski definition) is 3. The van der Waals surface area contributed by atoms with Crippen molar-refractivity contribution in [2.75, 3.05) is 0 Å². The first-order chi connectivity index (χ1) is 24.7. The Labute approximate surface area is 291 Å². The van der Waals surface area contributed by atoms with E-state index in [-0.39, 0.29) is 0 Å². The van der Waals surface area contributed by atoms with Crippen molar-refractivity contribution in [3.63, 3.8) is 0 Å². The van der Waals surface area contributed by atoms with Gasteiger partial charge >= 0.3 is 0 Å². The summed E-state index contributed by atoms with van der Waals surface area (Å²) in [5.41, 5.74) is 10.00. The first-order valence-electron chi connectivity index (χ1n) is 16.9. The fourth-order valence-electron chi connectivity index (χ4n) is 6.68. The minimum absolute atomic E-state index is 0.645. The van der Waals surface area contributed by atoms with Gasteiger partial charge < -0.3 is 0 Å². The minimum atomic E-state index is 0.645. The molecule has 8 aromatic carbocycles. The molecule has 9 rings (SSSR count). The van der Waals surface area contributed by atoms with Crippen LogP contribution in [0.25, 0.3) is 89.1 Å². The Morgan fingerprint density at radius 1 is 0.240 bits per heavy atom. The average molecular weight is 638 g/mol. The van der Waals surface area contributed by atoms with E-state index in [4.69, 9.17) is 15.0 Å². The quantitative estimate of drug-likeness (QED) is 0.182. The fraction of sp³-hybridized carbons (Fsp3) is 0. The third-order valence-corrected chi connectivity index (χ3v) is 9.33. The zero-order valence-corrected chi connectivity index (χ0v) is 27.2. The van der Waals surface area contributed by atoms with E-state index < -0.39 is 0 Å². The van der Waals surface area contributed by atoms with E-state index in [0.29, 0.717) is 17.5 Å².